The lowest BCUT2D eigenvalue weighted by Gasteiger charge is -2.16. The van der Waals surface area contributed by atoms with Crippen molar-refractivity contribution in [1.82, 2.24) is 9.97 Å². The van der Waals surface area contributed by atoms with E-state index in [-0.39, 0.29) is 30.3 Å². The third-order valence-corrected chi connectivity index (χ3v) is 6.91. The number of nitrogens with zero attached hydrogens (tertiary/aromatic N) is 1. The van der Waals surface area contributed by atoms with Crippen molar-refractivity contribution in [3.05, 3.63) is 53.7 Å². The topological polar surface area (TPSA) is 96.8 Å². The Morgan fingerprint density at radius 1 is 1.06 bits per heavy atom. The van der Waals surface area contributed by atoms with Crippen LogP contribution >= 0.6 is 0 Å². The van der Waals surface area contributed by atoms with Gasteiger partial charge >= 0.3 is 0 Å². The summed E-state index contributed by atoms with van der Waals surface area (Å²) in [5.74, 6) is 0. The van der Waals surface area contributed by atoms with Gasteiger partial charge in [-0.1, -0.05) is 24.3 Å². The third-order valence-electron chi connectivity index (χ3n) is 6.91. The highest BCUT2D eigenvalue weighted by Gasteiger charge is 2.47. The van der Waals surface area contributed by atoms with Gasteiger partial charge in [-0.15, -0.1) is 0 Å². The van der Waals surface area contributed by atoms with Crippen LogP contribution in [-0.4, -0.2) is 64.4 Å². The van der Waals surface area contributed by atoms with E-state index in [4.69, 9.17) is 19.2 Å². The predicted octanol–water partition coefficient (Wildman–Crippen LogP) is 2.30. The van der Waals surface area contributed by atoms with Gasteiger partial charge in [0.15, 0.2) is 0 Å². The molecule has 2 saturated heterocycles. The number of aromatic amines is 1. The lowest BCUT2D eigenvalue weighted by molar-refractivity contribution is -0.0446. The number of nitrogens with one attached hydrogen (secondary N) is 1. The SMILES string of the molecule is OCC1(c2ccc(-c3ccc4[nH]c(COC5COC6C(O)COC56)cc4n3)cc2)CC1. The van der Waals surface area contributed by atoms with Gasteiger partial charge in [0.05, 0.1) is 43.2 Å². The Bertz CT molecular complexity index is 1090. The van der Waals surface area contributed by atoms with E-state index < -0.39 is 6.10 Å². The number of hydrogen-bond acceptors (Lipinski definition) is 6. The molecule has 1 aromatic carbocycles. The number of pyridine rings is 1. The van der Waals surface area contributed by atoms with Gasteiger partial charge in [-0.05, 0) is 36.6 Å². The second-order valence-electron chi connectivity index (χ2n) is 8.95. The first-order valence-corrected chi connectivity index (χ1v) is 10.9. The van der Waals surface area contributed by atoms with Gasteiger partial charge in [0.25, 0.3) is 0 Å². The number of ether oxygens (including phenoxy) is 3. The highest BCUT2D eigenvalue weighted by Crippen LogP contribution is 2.47. The molecule has 0 bridgehead atoms. The molecule has 3 fully saturated rings. The van der Waals surface area contributed by atoms with Gasteiger partial charge in [-0.3, -0.25) is 0 Å². The van der Waals surface area contributed by atoms with Crippen molar-refractivity contribution in [2.24, 2.45) is 0 Å². The molecule has 0 radical (unpaired) electrons. The largest absolute Gasteiger partial charge is 0.395 e. The molecule has 0 spiro atoms. The Labute approximate surface area is 180 Å². The summed E-state index contributed by atoms with van der Waals surface area (Å²) in [6.07, 6.45) is 0.888. The standard InChI is InChI=1S/C24H26N2O5/c27-13-24(7-8-24)15-3-1-14(2-4-15)17-5-6-18-19(26-17)9-16(25-18)10-29-21-12-31-22-20(28)11-30-23(21)22/h1-6,9,20-23,25,27-28H,7-8,10-13H2. The van der Waals surface area contributed by atoms with Crippen LogP contribution in [0.1, 0.15) is 24.1 Å². The molecule has 0 amide bonds. The Balaban J connectivity index is 1.16. The molecule has 4 unspecified atom stereocenters. The van der Waals surface area contributed by atoms with Crippen molar-refractivity contribution in [3.63, 3.8) is 0 Å². The van der Waals surface area contributed by atoms with E-state index in [1.165, 1.54) is 5.56 Å². The zero-order valence-electron chi connectivity index (χ0n) is 17.2. The summed E-state index contributed by atoms with van der Waals surface area (Å²) in [6.45, 7) is 1.35. The van der Waals surface area contributed by atoms with Crippen LogP contribution in [-0.2, 0) is 26.2 Å². The summed E-state index contributed by atoms with van der Waals surface area (Å²) in [5, 5.41) is 19.5. The second-order valence-corrected chi connectivity index (χ2v) is 8.95. The molecule has 6 rings (SSSR count). The number of benzene rings is 1. The minimum atomic E-state index is -0.568. The summed E-state index contributed by atoms with van der Waals surface area (Å²) in [7, 11) is 0. The molecule has 4 heterocycles. The van der Waals surface area contributed by atoms with E-state index >= 15 is 0 Å². The van der Waals surface area contributed by atoms with E-state index in [0.717, 1.165) is 40.8 Å². The van der Waals surface area contributed by atoms with Crippen LogP contribution < -0.4 is 0 Å². The quantitative estimate of drug-likeness (QED) is 0.564. The fraction of sp³-hybridized carbons (Fsp3) is 0.458. The number of rotatable bonds is 6. The van der Waals surface area contributed by atoms with Crippen molar-refractivity contribution in [3.8, 4) is 11.3 Å². The van der Waals surface area contributed by atoms with Crippen LogP contribution in [0.2, 0.25) is 0 Å². The zero-order chi connectivity index (χ0) is 21.0. The van der Waals surface area contributed by atoms with E-state index in [9.17, 15) is 10.2 Å². The number of aliphatic hydroxyl groups is 2. The summed E-state index contributed by atoms with van der Waals surface area (Å²) in [4.78, 5) is 8.18. The van der Waals surface area contributed by atoms with Crippen molar-refractivity contribution in [1.29, 1.82) is 0 Å². The molecule has 31 heavy (non-hydrogen) atoms. The van der Waals surface area contributed by atoms with Gasteiger partial charge < -0.3 is 29.4 Å². The maximum atomic E-state index is 9.86. The van der Waals surface area contributed by atoms with Gasteiger partial charge in [-0.2, -0.15) is 0 Å². The predicted molar refractivity (Wildman–Crippen MR) is 114 cm³/mol. The average molecular weight is 422 g/mol. The summed E-state index contributed by atoms with van der Waals surface area (Å²) < 4.78 is 17.3. The normalized spacial score (nSPS) is 28.8. The highest BCUT2D eigenvalue weighted by atomic mass is 16.6. The Kier molecular flexibility index (Phi) is 4.63. The van der Waals surface area contributed by atoms with E-state index in [2.05, 4.69) is 29.2 Å². The Morgan fingerprint density at radius 2 is 1.87 bits per heavy atom. The Hall–Kier alpha value is -2.29. The van der Waals surface area contributed by atoms with E-state index in [1.807, 2.05) is 18.2 Å². The summed E-state index contributed by atoms with van der Waals surface area (Å²) in [5.41, 5.74) is 5.96. The lowest BCUT2D eigenvalue weighted by Crippen LogP contribution is -2.32. The molecule has 7 nitrogen and oxygen atoms in total. The first kappa shape index (κ1) is 19.4. The van der Waals surface area contributed by atoms with Crippen LogP contribution in [0.25, 0.3) is 22.3 Å². The van der Waals surface area contributed by atoms with Crippen molar-refractivity contribution in [2.75, 3.05) is 19.8 Å². The molecule has 162 valence electrons. The third kappa shape index (κ3) is 3.37. The minimum absolute atomic E-state index is 0.0164. The summed E-state index contributed by atoms with van der Waals surface area (Å²) >= 11 is 0. The number of hydrogen-bond donors (Lipinski definition) is 3. The van der Waals surface area contributed by atoms with Crippen molar-refractivity contribution < 1.29 is 24.4 Å². The maximum Gasteiger partial charge on any atom is 0.115 e. The van der Waals surface area contributed by atoms with Gasteiger partial charge in [0.2, 0.25) is 0 Å². The number of H-pyrrole nitrogens is 1. The fourth-order valence-electron chi connectivity index (χ4n) is 4.77. The number of fused-ring (bicyclic) bond motifs is 2. The van der Waals surface area contributed by atoms with E-state index in [1.54, 1.807) is 0 Å². The van der Waals surface area contributed by atoms with Crippen molar-refractivity contribution in [2.45, 2.75) is 49.3 Å². The van der Waals surface area contributed by atoms with Crippen LogP contribution in [0.15, 0.2) is 42.5 Å². The van der Waals surface area contributed by atoms with E-state index in [0.29, 0.717) is 19.8 Å². The van der Waals surface area contributed by atoms with Crippen molar-refractivity contribution >= 4 is 11.0 Å². The number of aliphatic hydroxyl groups excluding tert-OH is 2. The van der Waals surface area contributed by atoms with Gasteiger partial charge in [0, 0.05) is 16.7 Å². The van der Waals surface area contributed by atoms with Crippen LogP contribution in [0.5, 0.6) is 0 Å². The average Bonchev–Trinajstić information content (AvgIpc) is 3.13. The first-order valence-electron chi connectivity index (χ1n) is 10.9. The van der Waals surface area contributed by atoms with Crippen LogP contribution in [0.3, 0.4) is 0 Å². The first-order chi connectivity index (χ1) is 15.1. The molecule has 7 heteroatoms. The molecule has 2 aliphatic heterocycles. The maximum absolute atomic E-state index is 9.86. The number of aromatic nitrogens is 2. The minimum Gasteiger partial charge on any atom is -0.395 e. The summed E-state index contributed by atoms with van der Waals surface area (Å²) in [6, 6.07) is 14.5. The molecule has 3 aromatic rings. The molecule has 4 atom stereocenters. The smallest absolute Gasteiger partial charge is 0.115 e. The second kappa shape index (κ2) is 7.39. The molecule has 2 aromatic heterocycles. The molecule has 1 aliphatic carbocycles. The lowest BCUT2D eigenvalue weighted by atomic mass is 9.95. The van der Waals surface area contributed by atoms with Crippen LogP contribution in [0.4, 0.5) is 0 Å². The van der Waals surface area contributed by atoms with Gasteiger partial charge in [-0.25, -0.2) is 4.98 Å². The molecule has 3 N–H and O–H groups in total. The Morgan fingerprint density at radius 3 is 2.65 bits per heavy atom. The van der Waals surface area contributed by atoms with Gasteiger partial charge in [0.1, 0.15) is 24.4 Å². The molecular weight excluding hydrogens is 396 g/mol. The van der Waals surface area contributed by atoms with Crippen LogP contribution in [0, 0.1) is 0 Å². The molecular formula is C24H26N2O5. The highest BCUT2D eigenvalue weighted by molar-refractivity contribution is 5.79. The molecule has 3 aliphatic rings. The monoisotopic (exact) mass is 422 g/mol. The molecule has 1 saturated carbocycles. The fourth-order valence-corrected chi connectivity index (χ4v) is 4.77. The zero-order valence-corrected chi connectivity index (χ0v) is 17.2.